The Hall–Kier alpha value is -5.01. The number of nitrogen functional groups attached to an aromatic ring is 1. The number of thioether (sulfide) groups is 1. The molecule has 3 amide bonds. The van der Waals surface area contributed by atoms with Crippen LogP contribution in [0.2, 0.25) is 0 Å². The molecule has 1 saturated heterocycles. The second kappa shape index (κ2) is 14.0. The van der Waals surface area contributed by atoms with Gasteiger partial charge in [0, 0.05) is 50.2 Å². The first kappa shape index (κ1) is 33.9. The summed E-state index contributed by atoms with van der Waals surface area (Å²) in [5.41, 5.74) is 5.31. The van der Waals surface area contributed by atoms with E-state index in [4.69, 9.17) is 24.7 Å². The smallest absolute Gasteiger partial charge is 0.352 e. The van der Waals surface area contributed by atoms with E-state index in [9.17, 15) is 38.7 Å². The van der Waals surface area contributed by atoms with Gasteiger partial charge < -0.3 is 40.4 Å². The largest absolute Gasteiger partial charge is 0.477 e. The number of β-lactam (4-membered cyclic amide) rings is 1. The number of anilines is 1. The van der Waals surface area contributed by atoms with Crippen LogP contribution < -0.4 is 25.8 Å². The van der Waals surface area contributed by atoms with E-state index in [-0.39, 0.29) is 39.2 Å². The van der Waals surface area contributed by atoms with Crippen molar-refractivity contribution in [1.82, 2.24) is 20.5 Å². The number of carbonyl (C=O) groups excluding carboxylic acids is 6. The van der Waals surface area contributed by atoms with Gasteiger partial charge in [-0.05, 0) is 18.2 Å². The van der Waals surface area contributed by atoms with Crippen LogP contribution in [0, 0.1) is 0 Å². The molecular weight excluding hydrogens is 650 g/mol. The molecule has 4 atom stereocenters. The van der Waals surface area contributed by atoms with Crippen LogP contribution in [0.3, 0.4) is 0 Å². The van der Waals surface area contributed by atoms with E-state index in [1.807, 2.05) is 0 Å². The molecule has 2 aliphatic heterocycles. The molecule has 19 heteroatoms. The highest BCUT2D eigenvalue weighted by Crippen LogP contribution is 2.42. The molecule has 3 heterocycles. The number of thiazole rings is 1. The summed E-state index contributed by atoms with van der Waals surface area (Å²) in [6.45, 7) is 3.36. The molecule has 0 aliphatic carbocycles. The second-order valence-corrected chi connectivity index (χ2v) is 11.6. The minimum atomic E-state index is -1.48. The van der Waals surface area contributed by atoms with Crippen LogP contribution in [-0.4, -0.2) is 87.2 Å². The van der Waals surface area contributed by atoms with E-state index >= 15 is 0 Å². The molecule has 0 saturated carbocycles. The number of fused-ring (bicyclic) bond motifs is 1. The SMILES string of the molecule is COC(OC(C)=O)C1=C(C(=O)O)N2C(=O)[C@H](NC(=O)C(NC(=O)c3ccc(OC(C)=O)c(OC(C)=O)c3)c3csc(N)n3)[C@H]2SC1. The Labute approximate surface area is 268 Å². The minimum Gasteiger partial charge on any atom is -0.477 e. The summed E-state index contributed by atoms with van der Waals surface area (Å²) < 4.78 is 20.3. The third-order valence-corrected chi connectivity index (χ3v) is 8.35. The fraction of sp³-hybridized carbons (Fsp3) is 0.333. The van der Waals surface area contributed by atoms with Gasteiger partial charge in [-0.3, -0.25) is 33.7 Å². The minimum absolute atomic E-state index is 0.00890. The Morgan fingerprint density at radius 2 is 1.74 bits per heavy atom. The van der Waals surface area contributed by atoms with Crippen LogP contribution in [0.25, 0.3) is 0 Å². The van der Waals surface area contributed by atoms with E-state index in [0.717, 1.165) is 54.8 Å². The number of benzene rings is 1. The Morgan fingerprint density at radius 1 is 1.07 bits per heavy atom. The normalized spacial score (nSPS) is 18.3. The second-order valence-electron chi connectivity index (χ2n) is 9.62. The maximum atomic E-state index is 13.6. The Bertz CT molecular complexity index is 1660. The van der Waals surface area contributed by atoms with Gasteiger partial charge in [-0.1, -0.05) is 0 Å². The first-order valence-corrected chi connectivity index (χ1v) is 15.1. The first-order chi connectivity index (χ1) is 21.7. The molecule has 5 N–H and O–H groups in total. The number of ether oxygens (including phenoxy) is 4. The van der Waals surface area contributed by atoms with Gasteiger partial charge in [-0.2, -0.15) is 0 Å². The molecule has 0 bridgehead atoms. The summed E-state index contributed by atoms with van der Waals surface area (Å²) in [5, 5.41) is 15.6. The summed E-state index contributed by atoms with van der Waals surface area (Å²) in [7, 11) is 1.21. The molecule has 1 fully saturated rings. The molecule has 244 valence electrons. The van der Waals surface area contributed by atoms with Gasteiger partial charge in [-0.15, -0.1) is 23.1 Å². The number of amides is 3. The van der Waals surface area contributed by atoms with Gasteiger partial charge in [0.2, 0.25) is 12.2 Å². The molecule has 2 unspecified atom stereocenters. The quantitative estimate of drug-likeness (QED) is 0.108. The van der Waals surface area contributed by atoms with Gasteiger partial charge >= 0.3 is 23.9 Å². The third kappa shape index (κ3) is 7.27. The molecule has 4 rings (SSSR count). The third-order valence-electron chi connectivity index (χ3n) is 6.36. The van der Waals surface area contributed by atoms with Crippen molar-refractivity contribution in [2.45, 2.75) is 44.5 Å². The van der Waals surface area contributed by atoms with E-state index in [1.54, 1.807) is 0 Å². The zero-order valence-electron chi connectivity index (χ0n) is 24.6. The van der Waals surface area contributed by atoms with Gasteiger partial charge in [0.25, 0.3) is 11.8 Å². The summed E-state index contributed by atoms with van der Waals surface area (Å²) in [6, 6.07) is 0.943. The van der Waals surface area contributed by atoms with Gasteiger partial charge in [0.1, 0.15) is 17.1 Å². The van der Waals surface area contributed by atoms with E-state index < -0.39 is 71.0 Å². The van der Waals surface area contributed by atoms with Crippen molar-refractivity contribution < 1.29 is 57.6 Å². The molecule has 0 spiro atoms. The zero-order valence-corrected chi connectivity index (χ0v) is 26.2. The van der Waals surface area contributed by atoms with Crippen LogP contribution in [0.5, 0.6) is 11.5 Å². The molecule has 1 aromatic heterocycles. The number of esters is 3. The number of rotatable bonds is 11. The highest BCUT2D eigenvalue weighted by atomic mass is 32.2. The highest BCUT2D eigenvalue weighted by molar-refractivity contribution is 8.00. The van der Waals surface area contributed by atoms with Crippen LogP contribution in [-0.2, 0) is 38.2 Å². The maximum Gasteiger partial charge on any atom is 0.352 e. The van der Waals surface area contributed by atoms with Crippen molar-refractivity contribution in [2.24, 2.45) is 0 Å². The number of nitrogens with one attached hydrogen (secondary N) is 2. The molecule has 2 aliphatic rings. The lowest BCUT2D eigenvalue weighted by molar-refractivity contribution is -0.165. The van der Waals surface area contributed by atoms with Crippen LogP contribution in [0.4, 0.5) is 5.13 Å². The van der Waals surface area contributed by atoms with Crippen LogP contribution >= 0.6 is 23.1 Å². The molecular formula is C27H27N5O12S2. The van der Waals surface area contributed by atoms with Gasteiger partial charge in [-0.25, -0.2) is 9.78 Å². The summed E-state index contributed by atoms with van der Waals surface area (Å²) in [4.78, 5) is 91.9. The van der Waals surface area contributed by atoms with Crippen LogP contribution in [0.15, 0.2) is 34.8 Å². The molecule has 46 heavy (non-hydrogen) atoms. The summed E-state index contributed by atoms with van der Waals surface area (Å²) in [5.74, 6) is -6.48. The van der Waals surface area contributed by atoms with Gasteiger partial charge in [0.05, 0.1) is 5.69 Å². The highest BCUT2D eigenvalue weighted by Gasteiger charge is 2.55. The first-order valence-electron chi connectivity index (χ1n) is 13.2. The zero-order chi connectivity index (χ0) is 33.9. The fourth-order valence-electron chi connectivity index (χ4n) is 4.52. The number of methoxy groups -OCH3 is 1. The van der Waals surface area contributed by atoms with Crippen molar-refractivity contribution in [3.05, 3.63) is 46.1 Å². The monoisotopic (exact) mass is 677 g/mol. The summed E-state index contributed by atoms with van der Waals surface area (Å²) in [6.07, 6.45) is -1.35. The fourth-order valence-corrected chi connectivity index (χ4v) is 6.46. The topological polar surface area (TPSA) is 243 Å². The van der Waals surface area contributed by atoms with Crippen molar-refractivity contribution in [1.29, 1.82) is 0 Å². The lowest BCUT2D eigenvalue weighted by Gasteiger charge is -2.50. The number of aromatic nitrogens is 1. The lowest BCUT2D eigenvalue weighted by atomic mass is 10.0. The van der Waals surface area contributed by atoms with E-state index in [2.05, 4.69) is 15.6 Å². The lowest BCUT2D eigenvalue weighted by Crippen LogP contribution is -2.71. The number of hydrogen-bond acceptors (Lipinski definition) is 15. The maximum absolute atomic E-state index is 13.6. The number of carboxylic acids is 1. The van der Waals surface area contributed by atoms with Crippen molar-refractivity contribution >= 4 is 69.8 Å². The number of aliphatic carboxylic acids is 1. The number of carboxylic acid groups (broad SMARTS) is 1. The molecule has 2 aromatic rings. The number of nitrogens with zero attached hydrogens (tertiary/aromatic N) is 2. The van der Waals surface area contributed by atoms with E-state index in [0.29, 0.717) is 0 Å². The number of nitrogens with two attached hydrogens (primary N) is 1. The average molecular weight is 678 g/mol. The Balaban J connectivity index is 1.57. The molecule has 0 radical (unpaired) electrons. The van der Waals surface area contributed by atoms with Gasteiger partial charge in [0.15, 0.2) is 22.7 Å². The Kier molecular flexibility index (Phi) is 10.3. The van der Waals surface area contributed by atoms with Crippen molar-refractivity contribution in [2.75, 3.05) is 18.6 Å². The van der Waals surface area contributed by atoms with Crippen molar-refractivity contribution in [3.63, 3.8) is 0 Å². The average Bonchev–Trinajstić information content (AvgIpc) is 3.42. The summed E-state index contributed by atoms with van der Waals surface area (Å²) >= 11 is 2.09. The predicted octanol–water partition coefficient (Wildman–Crippen LogP) is 0.321. The van der Waals surface area contributed by atoms with E-state index in [1.165, 1.54) is 24.6 Å². The standard InChI is InChI=1S/C27H27N5O12S2/c1-10(33)42-16-6-5-13(7-17(16)43-11(2)34)21(36)30-18(15-9-46-27(28)29-15)22(37)31-19-23(38)32-20(25(39)40)14(8-45-24(19)32)26(41-4)44-12(3)35/h5-7,9,18-19,24,26H,8H2,1-4H3,(H2,28,29)(H,30,36)(H,31,37)(H,39,40)/t18?,19-,24+,26?/m0/s1. The predicted molar refractivity (Wildman–Crippen MR) is 158 cm³/mol. The Morgan fingerprint density at radius 3 is 2.30 bits per heavy atom. The van der Waals surface area contributed by atoms with Crippen LogP contribution in [0.1, 0.15) is 42.9 Å². The number of hydrogen-bond donors (Lipinski definition) is 4. The molecule has 17 nitrogen and oxygen atoms in total. The number of carbonyl (C=O) groups is 7. The molecule has 1 aromatic carbocycles. The van der Waals surface area contributed by atoms with Crippen molar-refractivity contribution in [3.8, 4) is 11.5 Å².